The zero-order chi connectivity index (χ0) is 20.1. The molecule has 28 heavy (non-hydrogen) atoms. The summed E-state index contributed by atoms with van der Waals surface area (Å²) >= 11 is 5.81. The highest BCUT2D eigenvalue weighted by Crippen LogP contribution is 2.16. The van der Waals surface area contributed by atoms with Crippen molar-refractivity contribution in [3.05, 3.63) is 40.3 Å². The molecule has 1 aromatic carbocycles. The summed E-state index contributed by atoms with van der Waals surface area (Å²) in [5, 5.41) is 1.60. The summed E-state index contributed by atoms with van der Waals surface area (Å²) in [4.78, 5) is 28.2. The molecule has 1 aromatic rings. The van der Waals surface area contributed by atoms with Crippen molar-refractivity contribution in [1.29, 1.82) is 0 Å². The highest BCUT2D eigenvalue weighted by molar-refractivity contribution is 7.92. The third-order valence-electron chi connectivity index (χ3n) is 4.93. The maximum absolute atomic E-state index is 12.7. The second kappa shape index (κ2) is 9.07. The van der Waals surface area contributed by atoms with Gasteiger partial charge in [-0.15, -0.1) is 0 Å². The third kappa shape index (κ3) is 5.56. The molecule has 3 rings (SSSR count). The molecule has 2 saturated heterocycles. The Labute approximate surface area is 170 Å². The summed E-state index contributed by atoms with van der Waals surface area (Å²) in [6, 6.07) is 5.89. The number of piperidine rings is 1. The predicted molar refractivity (Wildman–Crippen MR) is 108 cm³/mol. The van der Waals surface area contributed by atoms with Crippen LogP contribution in [0.15, 0.2) is 29.7 Å². The summed E-state index contributed by atoms with van der Waals surface area (Å²) in [5.74, 6) is -0.417. The minimum Gasteiger partial charge on any atom is -0.341 e. The van der Waals surface area contributed by atoms with Gasteiger partial charge >= 0.3 is 0 Å². The van der Waals surface area contributed by atoms with Crippen LogP contribution >= 0.6 is 11.6 Å². The summed E-state index contributed by atoms with van der Waals surface area (Å²) in [5.41, 5.74) is 0.683. The lowest BCUT2D eigenvalue weighted by molar-refractivity contribution is -0.142. The normalized spacial score (nSPS) is 20.9. The number of likely N-dealkylation sites (tertiary alicyclic amines) is 2. The van der Waals surface area contributed by atoms with Crippen molar-refractivity contribution < 1.29 is 18.0 Å². The summed E-state index contributed by atoms with van der Waals surface area (Å²) in [6.45, 7) is 1.94. The molecule has 0 bridgehead atoms. The Morgan fingerprint density at radius 2 is 1.82 bits per heavy atom. The first-order valence-corrected chi connectivity index (χ1v) is 11.3. The van der Waals surface area contributed by atoms with Gasteiger partial charge < -0.3 is 9.80 Å². The fourth-order valence-corrected chi connectivity index (χ4v) is 4.57. The molecule has 1 atom stereocenters. The Balaban J connectivity index is 1.59. The first-order chi connectivity index (χ1) is 13.3. The van der Waals surface area contributed by atoms with Crippen LogP contribution < -0.4 is 4.72 Å². The fraction of sp³-hybridized carbons (Fsp3) is 0.474. The lowest BCUT2D eigenvalue weighted by atomic mass is 10.1. The number of halogens is 1. The maximum atomic E-state index is 12.7. The molecular formula is C19H24ClN3O4S. The average Bonchev–Trinajstić information content (AvgIpc) is 3.19. The summed E-state index contributed by atoms with van der Waals surface area (Å²) < 4.78 is 27.1. The number of sulfonamides is 1. The number of hydrogen-bond donors (Lipinski definition) is 1. The minimum atomic E-state index is -3.80. The van der Waals surface area contributed by atoms with Crippen molar-refractivity contribution in [2.75, 3.05) is 26.2 Å². The highest BCUT2D eigenvalue weighted by Gasteiger charge is 2.33. The molecule has 2 amide bonds. The zero-order valence-corrected chi connectivity index (χ0v) is 17.1. The molecule has 1 N–H and O–H groups in total. The number of rotatable bonds is 6. The minimum absolute atomic E-state index is 0.0116. The number of amides is 2. The van der Waals surface area contributed by atoms with Crippen LogP contribution in [0.3, 0.4) is 0 Å². The highest BCUT2D eigenvalue weighted by atomic mass is 35.5. The van der Waals surface area contributed by atoms with E-state index in [0.717, 1.165) is 31.3 Å². The number of nitrogens with zero attached hydrogens (tertiary/aromatic N) is 2. The molecule has 0 aromatic heterocycles. The molecular weight excluding hydrogens is 402 g/mol. The standard InChI is InChI=1S/C19H24ClN3O4S/c20-16-7-5-15(6-8-16)9-13-28(26,27)21-17-4-3-12-23(19(17)25)14-18(24)22-10-1-2-11-22/h5-9,13,17,21H,1-4,10-12,14H2/b13-9+. The summed E-state index contributed by atoms with van der Waals surface area (Å²) in [7, 11) is -3.80. The van der Waals surface area contributed by atoms with Gasteiger partial charge in [0.2, 0.25) is 21.8 Å². The van der Waals surface area contributed by atoms with Gasteiger partial charge in [-0.25, -0.2) is 8.42 Å². The number of hydrogen-bond acceptors (Lipinski definition) is 4. The van der Waals surface area contributed by atoms with E-state index < -0.39 is 16.1 Å². The van der Waals surface area contributed by atoms with Gasteiger partial charge in [0.25, 0.3) is 0 Å². The van der Waals surface area contributed by atoms with Crippen LogP contribution in [0.2, 0.25) is 5.02 Å². The molecule has 7 nitrogen and oxygen atoms in total. The zero-order valence-electron chi connectivity index (χ0n) is 15.5. The number of nitrogens with one attached hydrogen (secondary N) is 1. The van der Waals surface area contributed by atoms with Crippen LogP contribution in [0, 0.1) is 0 Å². The van der Waals surface area contributed by atoms with Crippen molar-refractivity contribution in [3.8, 4) is 0 Å². The first kappa shape index (κ1) is 20.8. The number of carbonyl (C=O) groups is 2. The smallest absolute Gasteiger partial charge is 0.242 e. The van der Waals surface area contributed by atoms with E-state index in [1.165, 1.54) is 11.0 Å². The van der Waals surface area contributed by atoms with Crippen molar-refractivity contribution in [1.82, 2.24) is 14.5 Å². The van der Waals surface area contributed by atoms with Gasteiger partial charge in [0.05, 0.1) is 6.54 Å². The number of benzene rings is 1. The van der Waals surface area contributed by atoms with Crippen LogP contribution in [-0.4, -0.2) is 62.3 Å². The molecule has 1 unspecified atom stereocenters. The van der Waals surface area contributed by atoms with Crippen LogP contribution in [0.4, 0.5) is 0 Å². The van der Waals surface area contributed by atoms with Crippen LogP contribution in [0.1, 0.15) is 31.2 Å². The van der Waals surface area contributed by atoms with E-state index in [9.17, 15) is 18.0 Å². The molecule has 0 aliphatic carbocycles. The Hall–Kier alpha value is -1.90. The Morgan fingerprint density at radius 3 is 2.50 bits per heavy atom. The van der Waals surface area contributed by atoms with Gasteiger partial charge in [0, 0.05) is 30.1 Å². The van der Waals surface area contributed by atoms with E-state index >= 15 is 0 Å². The molecule has 2 aliphatic heterocycles. The summed E-state index contributed by atoms with van der Waals surface area (Å²) in [6.07, 6.45) is 4.49. The molecule has 2 fully saturated rings. The van der Waals surface area contributed by atoms with Crippen LogP contribution in [-0.2, 0) is 19.6 Å². The van der Waals surface area contributed by atoms with Gasteiger partial charge in [-0.3, -0.25) is 9.59 Å². The van der Waals surface area contributed by atoms with Crippen molar-refractivity contribution in [2.24, 2.45) is 0 Å². The monoisotopic (exact) mass is 425 g/mol. The second-order valence-electron chi connectivity index (χ2n) is 7.06. The van der Waals surface area contributed by atoms with E-state index in [2.05, 4.69) is 4.72 Å². The first-order valence-electron chi connectivity index (χ1n) is 9.37. The van der Waals surface area contributed by atoms with Crippen molar-refractivity contribution >= 4 is 39.5 Å². The van der Waals surface area contributed by atoms with E-state index in [0.29, 0.717) is 30.0 Å². The van der Waals surface area contributed by atoms with E-state index in [1.54, 1.807) is 29.2 Å². The topological polar surface area (TPSA) is 86.8 Å². The fourth-order valence-electron chi connectivity index (χ4n) is 3.42. The molecule has 9 heteroatoms. The third-order valence-corrected chi connectivity index (χ3v) is 6.29. The van der Waals surface area contributed by atoms with Gasteiger partial charge in [-0.2, -0.15) is 4.72 Å². The van der Waals surface area contributed by atoms with E-state index in [-0.39, 0.29) is 18.4 Å². The molecule has 0 saturated carbocycles. The van der Waals surface area contributed by atoms with Gasteiger partial charge in [-0.05, 0) is 49.5 Å². The van der Waals surface area contributed by atoms with Crippen molar-refractivity contribution in [3.63, 3.8) is 0 Å². The van der Waals surface area contributed by atoms with Gasteiger partial charge in [-0.1, -0.05) is 23.7 Å². The van der Waals surface area contributed by atoms with Gasteiger partial charge in [0.1, 0.15) is 6.04 Å². The molecule has 0 radical (unpaired) electrons. The molecule has 0 spiro atoms. The van der Waals surface area contributed by atoms with Crippen molar-refractivity contribution in [2.45, 2.75) is 31.7 Å². The molecule has 2 aliphatic rings. The second-order valence-corrected chi connectivity index (χ2v) is 9.09. The quantitative estimate of drug-likeness (QED) is 0.753. The van der Waals surface area contributed by atoms with E-state index in [1.807, 2.05) is 0 Å². The number of carbonyl (C=O) groups excluding carboxylic acids is 2. The maximum Gasteiger partial charge on any atom is 0.242 e. The largest absolute Gasteiger partial charge is 0.341 e. The predicted octanol–water partition coefficient (Wildman–Crippen LogP) is 1.84. The van der Waals surface area contributed by atoms with E-state index in [4.69, 9.17) is 11.6 Å². The lowest BCUT2D eigenvalue weighted by Gasteiger charge is -2.32. The SMILES string of the molecule is O=C(CN1CCCC(NS(=O)(=O)/C=C/c2ccc(Cl)cc2)C1=O)N1CCCC1. The average molecular weight is 426 g/mol. The Bertz CT molecular complexity index is 848. The lowest BCUT2D eigenvalue weighted by Crippen LogP contribution is -2.54. The van der Waals surface area contributed by atoms with Crippen LogP contribution in [0.25, 0.3) is 6.08 Å². The molecule has 152 valence electrons. The van der Waals surface area contributed by atoms with Crippen LogP contribution in [0.5, 0.6) is 0 Å². The molecule has 2 heterocycles. The van der Waals surface area contributed by atoms with Gasteiger partial charge in [0.15, 0.2) is 0 Å². The Morgan fingerprint density at radius 1 is 1.14 bits per heavy atom. The Kier molecular flexibility index (Phi) is 6.74.